The highest BCUT2D eigenvalue weighted by Crippen LogP contribution is 2.34. The molecule has 0 unspecified atom stereocenters. The van der Waals surface area contributed by atoms with Gasteiger partial charge in [-0.3, -0.25) is 14.3 Å². The van der Waals surface area contributed by atoms with E-state index in [2.05, 4.69) is 10.1 Å². The number of anilines is 1. The Labute approximate surface area is 202 Å². The third kappa shape index (κ3) is 4.45. The number of nitrogens with two attached hydrogens (primary N) is 1. The van der Waals surface area contributed by atoms with E-state index in [1.54, 1.807) is 17.0 Å². The predicted octanol–water partition coefficient (Wildman–Crippen LogP) is 2.18. The summed E-state index contributed by atoms with van der Waals surface area (Å²) in [5.41, 5.74) is 6.78. The Morgan fingerprint density at radius 3 is 2.64 bits per heavy atom. The van der Waals surface area contributed by atoms with Gasteiger partial charge >= 0.3 is 6.18 Å². The first-order valence-corrected chi connectivity index (χ1v) is 11.2. The van der Waals surface area contributed by atoms with Crippen LogP contribution in [0.4, 0.5) is 23.4 Å². The zero-order chi connectivity index (χ0) is 25.6. The van der Waals surface area contributed by atoms with Crippen LogP contribution in [0.25, 0.3) is 10.9 Å². The summed E-state index contributed by atoms with van der Waals surface area (Å²) in [5, 5.41) is 4.69. The fourth-order valence-electron chi connectivity index (χ4n) is 4.50. The van der Waals surface area contributed by atoms with Crippen molar-refractivity contribution in [3.8, 4) is 0 Å². The number of carbonyl (C=O) groups is 2. The summed E-state index contributed by atoms with van der Waals surface area (Å²) in [6.45, 7) is -0.605. The largest absolute Gasteiger partial charge is 0.416 e. The molecule has 0 spiro atoms. The van der Waals surface area contributed by atoms with Gasteiger partial charge in [-0.25, -0.2) is 9.37 Å². The number of hydrogen-bond donors (Lipinski definition) is 1. The third-order valence-electron chi connectivity index (χ3n) is 6.41. The first kappa shape index (κ1) is 24.0. The summed E-state index contributed by atoms with van der Waals surface area (Å²) in [7, 11) is 0. The van der Waals surface area contributed by atoms with E-state index < -0.39 is 30.5 Å². The van der Waals surface area contributed by atoms with Gasteiger partial charge in [0.15, 0.2) is 6.10 Å². The van der Waals surface area contributed by atoms with Crippen LogP contribution in [0.15, 0.2) is 36.5 Å². The van der Waals surface area contributed by atoms with Gasteiger partial charge in [-0.15, -0.1) is 0 Å². The average Bonchev–Trinajstić information content (AvgIpc) is 3.16. The summed E-state index contributed by atoms with van der Waals surface area (Å²) in [6.07, 6.45) is -5.19. The van der Waals surface area contributed by atoms with Gasteiger partial charge in [0, 0.05) is 37.3 Å². The second-order valence-electron chi connectivity index (χ2n) is 8.79. The number of hydrogen-bond acceptors (Lipinski definition) is 6. The van der Waals surface area contributed by atoms with Crippen LogP contribution in [-0.4, -0.2) is 81.4 Å². The highest BCUT2D eigenvalue weighted by atomic mass is 19.4. The number of alkyl halides is 3. The topological polar surface area (TPSA) is 107 Å². The number of rotatable bonds is 4. The lowest BCUT2D eigenvalue weighted by Gasteiger charge is -2.38. The molecule has 4 heterocycles. The number of ether oxygens (including phenoxy) is 1. The Hall–Kier alpha value is -3.74. The molecule has 36 heavy (non-hydrogen) atoms. The molecule has 5 rings (SSSR count). The average molecular weight is 506 g/mol. The molecule has 2 saturated heterocycles. The van der Waals surface area contributed by atoms with Crippen LogP contribution in [0.5, 0.6) is 0 Å². The van der Waals surface area contributed by atoms with Crippen LogP contribution in [0.2, 0.25) is 0 Å². The Morgan fingerprint density at radius 2 is 1.92 bits per heavy atom. The first-order chi connectivity index (χ1) is 17.1. The van der Waals surface area contributed by atoms with Crippen molar-refractivity contribution in [1.82, 2.24) is 24.6 Å². The standard InChI is InChI=1S/C23H22F4N6O3/c24-15-2-1-3-16-20(15)21(14-9-32(10-14)22(35)13-4-5-29-18(28)8-13)30-33(16)12-19(34)31-6-7-36-17(11-31)23(25,26)27/h1-5,8,14,17H,6-7,9-12H2,(H2,28,29)/t17-/m1/s1. The summed E-state index contributed by atoms with van der Waals surface area (Å²) in [6, 6.07) is 7.37. The van der Waals surface area contributed by atoms with Gasteiger partial charge < -0.3 is 20.3 Å². The van der Waals surface area contributed by atoms with E-state index in [-0.39, 0.29) is 55.8 Å². The van der Waals surface area contributed by atoms with Crippen LogP contribution in [0.3, 0.4) is 0 Å². The van der Waals surface area contributed by atoms with Gasteiger partial charge in [0.2, 0.25) is 5.91 Å². The second-order valence-corrected chi connectivity index (χ2v) is 8.79. The van der Waals surface area contributed by atoms with E-state index in [4.69, 9.17) is 10.5 Å². The van der Waals surface area contributed by atoms with Crippen LogP contribution in [0, 0.1) is 5.82 Å². The first-order valence-electron chi connectivity index (χ1n) is 11.2. The molecule has 2 fully saturated rings. The molecule has 2 aliphatic rings. The number of nitrogen functional groups attached to an aromatic ring is 1. The van der Waals surface area contributed by atoms with E-state index in [1.165, 1.54) is 29.1 Å². The van der Waals surface area contributed by atoms with Crippen LogP contribution >= 0.6 is 0 Å². The normalized spacial score (nSPS) is 18.9. The summed E-state index contributed by atoms with van der Waals surface area (Å²) >= 11 is 0. The van der Waals surface area contributed by atoms with Crippen molar-refractivity contribution in [2.75, 3.05) is 38.5 Å². The summed E-state index contributed by atoms with van der Waals surface area (Å²) < 4.78 is 60.0. The monoisotopic (exact) mass is 506 g/mol. The maximum Gasteiger partial charge on any atom is 0.416 e. The minimum atomic E-state index is -4.58. The second kappa shape index (κ2) is 9.04. The lowest BCUT2D eigenvalue weighted by molar-refractivity contribution is -0.236. The molecule has 3 aromatic rings. The van der Waals surface area contributed by atoms with E-state index in [0.29, 0.717) is 16.8 Å². The van der Waals surface area contributed by atoms with Crippen LogP contribution in [-0.2, 0) is 16.1 Å². The number of nitrogens with zero attached hydrogens (tertiary/aromatic N) is 5. The molecule has 0 aliphatic carbocycles. The van der Waals surface area contributed by atoms with Crippen LogP contribution in [0.1, 0.15) is 22.0 Å². The van der Waals surface area contributed by atoms with Crippen LogP contribution < -0.4 is 5.73 Å². The smallest absolute Gasteiger partial charge is 0.384 e. The lowest BCUT2D eigenvalue weighted by atomic mass is 9.93. The SMILES string of the molecule is Nc1cc(C(=O)N2CC(c3nn(CC(=O)N4CCO[C@@H](C(F)(F)F)C4)c4cccc(F)c34)C2)ccn1. The van der Waals surface area contributed by atoms with Gasteiger partial charge in [-0.05, 0) is 24.3 Å². The number of morpholine rings is 1. The Bertz CT molecular complexity index is 1320. The fourth-order valence-corrected chi connectivity index (χ4v) is 4.50. The van der Waals surface area contributed by atoms with Gasteiger partial charge in [-0.1, -0.05) is 6.07 Å². The zero-order valence-corrected chi connectivity index (χ0v) is 18.9. The molecule has 0 saturated carbocycles. The number of halogens is 4. The van der Waals surface area contributed by atoms with E-state index in [1.807, 2.05) is 0 Å². The van der Waals surface area contributed by atoms with Crippen molar-refractivity contribution in [3.63, 3.8) is 0 Å². The highest BCUT2D eigenvalue weighted by molar-refractivity contribution is 5.95. The van der Waals surface area contributed by atoms with Gasteiger partial charge in [0.1, 0.15) is 18.2 Å². The number of benzene rings is 1. The molecule has 2 N–H and O–H groups in total. The summed E-state index contributed by atoms with van der Waals surface area (Å²) in [4.78, 5) is 32.1. The molecule has 2 amide bonds. The number of aromatic nitrogens is 3. The van der Waals surface area contributed by atoms with Crippen molar-refractivity contribution >= 4 is 28.5 Å². The number of carbonyl (C=O) groups excluding carboxylic acids is 2. The lowest BCUT2D eigenvalue weighted by Crippen LogP contribution is -2.51. The van der Waals surface area contributed by atoms with Gasteiger partial charge in [0.05, 0.1) is 29.7 Å². The highest BCUT2D eigenvalue weighted by Gasteiger charge is 2.44. The molecule has 1 aromatic carbocycles. The van der Waals surface area contributed by atoms with Crippen molar-refractivity contribution in [3.05, 3.63) is 53.6 Å². The summed E-state index contributed by atoms with van der Waals surface area (Å²) in [5.74, 6) is -1.41. The zero-order valence-electron chi connectivity index (χ0n) is 18.9. The third-order valence-corrected chi connectivity index (χ3v) is 6.41. The number of likely N-dealkylation sites (tertiary alicyclic amines) is 1. The van der Waals surface area contributed by atoms with Gasteiger partial charge in [-0.2, -0.15) is 18.3 Å². The van der Waals surface area contributed by atoms with Crippen molar-refractivity contribution in [2.24, 2.45) is 0 Å². The minimum absolute atomic E-state index is 0.0189. The maximum absolute atomic E-state index is 14.8. The molecule has 0 bridgehead atoms. The maximum atomic E-state index is 14.8. The van der Waals surface area contributed by atoms with Crippen molar-refractivity contribution < 1.29 is 31.9 Å². The minimum Gasteiger partial charge on any atom is -0.384 e. The molecule has 190 valence electrons. The molecule has 13 heteroatoms. The van der Waals surface area contributed by atoms with E-state index in [9.17, 15) is 27.2 Å². The van der Waals surface area contributed by atoms with E-state index in [0.717, 1.165) is 4.90 Å². The number of amides is 2. The fraction of sp³-hybridized carbons (Fsp3) is 0.391. The van der Waals surface area contributed by atoms with Crippen molar-refractivity contribution in [1.29, 1.82) is 0 Å². The van der Waals surface area contributed by atoms with E-state index >= 15 is 0 Å². The molecule has 0 radical (unpaired) electrons. The quantitative estimate of drug-likeness (QED) is 0.544. The molecular formula is C23H22F4N6O3. The molecule has 1 atom stereocenters. The Balaban J connectivity index is 1.34. The predicted molar refractivity (Wildman–Crippen MR) is 119 cm³/mol. The Kier molecular flexibility index (Phi) is 6.02. The molecule has 2 aliphatic heterocycles. The number of fused-ring (bicyclic) bond motifs is 1. The number of pyridine rings is 1. The molecule has 9 nitrogen and oxygen atoms in total. The molecule has 2 aromatic heterocycles. The Morgan fingerprint density at radius 1 is 1.14 bits per heavy atom. The molecular weight excluding hydrogens is 484 g/mol. The van der Waals surface area contributed by atoms with Gasteiger partial charge in [0.25, 0.3) is 5.91 Å². The van der Waals surface area contributed by atoms with Crippen molar-refractivity contribution in [2.45, 2.75) is 24.7 Å².